The molecule has 0 saturated carbocycles. The summed E-state index contributed by atoms with van der Waals surface area (Å²) in [5, 5.41) is 12.2. The van der Waals surface area contributed by atoms with Crippen LogP contribution in [0.25, 0.3) is 11.7 Å². The van der Waals surface area contributed by atoms with Crippen molar-refractivity contribution in [2.24, 2.45) is 0 Å². The number of hydrogen-bond acceptors (Lipinski definition) is 7. The summed E-state index contributed by atoms with van der Waals surface area (Å²) >= 11 is 6.66. The summed E-state index contributed by atoms with van der Waals surface area (Å²) in [6, 6.07) is 13.1. The number of carbonyl (C=O) groups is 1. The Hall–Kier alpha value is -3.01. The Morgan fingerprint density at radius 1 is 1.22 bits per heavy atom. The molecule has 0 bridgehead atoms. The maximum Gasteiger partial charge on any atom is 0.267 e. The number of pyridine rings is 1. The molecule has 3 heterocycles. The van der Waals surface area contributed by atoms with E-state index in [4.69, 9.17) is 12.2 Å². The minimum atomic E-state index is -0.305. The van der Waals surface area contributed by atoms with E-state index < -0.39 is 0 Å². The third kappa shape index (κ3) is 4.06. The van der Waals surface area contributed by atoms with Gasteiger partial charge in [-0.2, -0.15) is 0 Å². The molecule has 164 valence electrons. The number of benzene rings is 1. The molecule has 4 rings (SSSR count). The second-order valence-electron chi connectivity index (χ2n) is 7.35. The first-order valence-corrected chi connectivity index (χ1v) is 11.3. The molecule has 2 aromatic heterocycles. The van der Waals surface area contributed by atoms with E-state index in [-0.39, 0.29) is 36.2 Å². The van der Waals surface area contributed by atoms with E-state index in [1.54, 1.807) is 23.2 Å². The van der Waals surface area contributed by atoms with Crippen LogP contribution >= 0.6 is 24.0 Å². The molecule has 3 aromatic rings. The molecule has 0 unspecified atom stereocenters. The number of thiocarbonyl (C=S) groups is 1. The van der Waals surface area contributed by atoms with Crippen molar-refractivity contribution in [3.05, 3.63) is 80.6 Å². The summed E-state index contributed by atoms with van der Waals surface area (Å²) in [6.07, 6.45) is 3.19. The SMILES string of the molecule is Cc1cccn2c(=O)c(/C=C3\SC(=S)N([C@H](C)c4ccccc4)C3=O)c(NCCO)nc12. The molecular weight excluding hydrogens is 444 g/mol. The molecule has 1 amide bonds. The van der Waals surface area contributed by atoms with Gasteiger partial charge >= 0.3 is 0 Å². The number of amides is 1. The van der Waals surface area contributed by atoms with Crippen LogP contribution in [0.1, 0.15) is 29.7 Å². The minimum Gasteiger partial charge on any atom is -0.395 e. The molecule has 1 aromatic carbocycles. The number of thioether (sulfide) groups is 1. The third-order valence-corrected chi connectivity index (χ3v) is 6.59. The highest BCUT2D eigenvalue weighted by Gasteiger charge is 2.36. The van der Waals surface area contributed by atoms with Gasteiger partial charge in [0.25, 0.3) is 11.5 Å². The lowest BCUT2D eigenvalue weighted by Crippen LogP contribution is -2.31. The summed E-state index contributed by atoms with van der Waals surface area (Å²) < 4.78 is 1.89. The molecule has 1 aliphatic heterocycles. The van der Waals surface area contributed by atoms with Crippen molar-refractivity contribution in [3.63, 3.8) is 0 Å². The van der Waals surface area contributed by atoms with Crippen molar-refractivity contribution in [2.45, 2.75) is 19.9 Å². The zero-order chi connectivity index (χ0) is 22.8. The Kier molecular flexibility index (Phi) is 6.40. The highest BCUT2D eigenvalue weighted by atomic mass is 32.2. The number of hydrogen-bond donors (Lipinski definition) is 2. The van der Waals surface area contributed by atoms with Crippen molar-refractivity contribution >= 4 is 51.7 Å². The fourth-order valence-corrected chi connectivity index (χ4v) is 4.98. The minimum absolute atomic E-state index is 0.120. The van der Waals surface area contributed by atoms with Gasteiger partial charge in [-0.25, -0.2) is 4.98 Å². The summed E-state index contributed by atoms with van der Waals surface area (Å²) in [4.78, 5) is 33.1. The third-order valence-electron chi connectivity index (χ3n) is 5.26. The lowest BCUT2D eigenvalue weighted by atomic mass is 10.1. The van der Waals surface area contributed by atoms with Crippen LogP contribution in [0.4, 0.5) is 5.82 Å². The molecule has 1 aliphatic rings. The summed E-state index contributed by atoms with van der Waals surface area (Å²) in [5.41, 5.74) is 2.26. The van der Waals surface area contributed by atoms with Crippen molar-refractivity contribution in [1.82, 2.24) is 14.3 Å². The molecule has 2 N–H and O–H groups in total. The monoisotopic (exact) mass is 466 g/mol. The number of aliphatic hydroxyl groups is 1. The average Bonchev–Trinajstić information content (AvgIpc) is 3.08. The summed E-state index contributed by atoms with van der Waals surface area (Å²) in [7, 11) is 0. The van der Waals surface area contributed by atoms with Gasteiger partial charge < -0.3 is 10.4 Å². The smallest absolute Gasteiger partial charge is 0.267 e. The van der Waals surface area contributed by atoms with Gasteiger partial charge in [0.2, 0.25) is 0 Å². The van der Waals surface area contributed by atoms with Crippen LogP contribution in [0.5, 0.6) is 0 Å². The number of nitrogens with one attached hydrogen (secondary N) is 1. The van der Waals surface area contributed by atoms with Crippen LogP contribution in [0, 0.1) is 6.92 Å². The molecule has 9 heteroatoms. The maximum atomic E-state index is 13.3. The number of aliphatic hydroxyl groups excluding tert-OH is 1. The largest absolute Gasteiger partial charge is 0.395 e. The summed E-state index contributed by atoms with van der Waals surface area (Å²) in [5.74, 6) is 0.0675. The van der Waals surface area contributed by atoms with Gasteiger partial charge in [0.1, 0.15) is 15.8 Å². The Balaban J connectivity index is 1.78. The Morgan fingerprint density at radius 2 is 1.97 bits per heavy atom. The fourth-order valence-electron chi connectivity index (χ4n) is 3.58. The predicted octanol–water partition coefficient (Wildman–Crippen LogP) is 3.37. The number of aryl methyl sites for hydroxylation is 1. The number of rotatable bonds is 6. The number of fused-ring (bicyclic) bond motifs is 1. The number of nitrogens with zero attached hydrogens (tertiary/aromatic N) is 3. The normalized spacial score (nSPS) is 16.2. The van der Waals surface area contributed by atoms with Crippen LogP contribution in [-0.4, -0.2) is 42.8 Å². The molecule has 0 spiro atoms. The van der Waals surface area contributed by atoms with Crippen LogP contribution < -0.4 is 10.9 Å². The predicted molar refractivity (Wildman–Crippen MR) is 132 cm³/mol. The number of aromatic nitrogens is 2. The van der Waals surface area contributed by atoms with E-state index >= 15 is 0 Å². The van der Waals surface area contributed by atoms with Crippen molar-refractivity contribution in [2.75, 3.05) is 18.5 Å². The van der Waals surface area contributed by atoms with Crippen molar-refractivity contribution in [1.29, 1.82) is 0 Å². The van der Waals surface area contributed by atoms with Crippen LogP contribution in [0.2, 0.25) is 0 Å². The van der Waals surface area contributed by atoms with E-state index in [1.165, 1.54) is 16.2 Å². The summed E-state index contributed by atoms with van der Waals surface area (Å²) in [6.45, 7) is 3.90. The zero-order valence-electron chi connectivity index (χ0n) is 17.6. The van der Waals surface area contributed by atoms with Gasteiger partial charge in [-0.15, -0.1) is 0 Å². The van der Waals surface area contributed by atoms with Crippen LogP contribution in [-0.2, 0) is 4.79 Å². The quantitative estimate of drug-likeness (QED) is 0.425. The first kappa shape index (κ1) is 22.2. The Labute approximate surface area is 194 Å². The first-order chi connectivity index (χ1) is 15.4. The molecule has 0 aliphatic carbocycles. The molecule has 7 nitrogen and oxygen atoms in total. The van der Waals surface area contributed by atoms with E-state index in [0.29, 0.717) is 20.7 Å². The van der Waals surface area contributed by atoms with E-state index in [2.05, 4.69) is 10.3 Å². The van der Waals surface area contributed by atoms with Crippen LogP contribution in [0.3, 0.4) is 0 Å². The molecule has 0 radical (unpaired) electrons. The Bertz CT molecular complexity index is 1290. The van der Waals surface area contributed by atoms with Gasteiger partial charge in [-0.3, -0.25) is 18.9 Å². The number of carbonyl (C=O) groups excluding carboxylic acids is 1. The second kappa shape index (κ2) is 9.23. The maximum absolute atomic E-state index is 13.3. The average molecular weight is 467 g/mol. The Morgan fingerprint density at radius 3 is 2.69 bits per heavy atom. The molecule has 1 fully saturated rings. The van der Waals surface area contributed by atoms with Gasteiger partial charge in [0, 0.05) is 12.7 Å². The highest BCUT2D eigenvalue weighted by Crippen LogP contribution is 2.38. The second-order valence-corrected chi connectivity index (χ2v) is 9.03. The van der Waals surface area contributed by atoms with E-state index in [9.17, 15) is 14.7 Å². The zero-order valence-corrected chi connectivity index (χ0v) is 19.2. The molecular formula is C23H22N4O3S2. The van der Waals surface area contributed by atoms with Gasteiger partial charge in [-0.05, 0) is 37.1 Å². The topological polar surface area (TPSA) is 86.9 Å². The molecule has 1 saturated heterocycles. The first-order valence-electron chi connectivity index (χ1n) is 10.1. The number of anilines is 1. The van der Waals surface area contributed by atoms with Crippen molar-refractivity contribution < 1.29 is 9.90 Å². The van der Waals surface area contributed by atoms with E-state index in [0.717, 1.165) is 11.1 Å². The highest BCUT2D eigenvalue weighted by molar-refractivity contribution is 8.26. The molecule has 1 atom stereocenters. The lowest BCUT2D eigenvalue weighted by Gasteiger charge is -2.23. The van der Waals surface area contributed by atoms with Gasteiger partial charge in [0.05, 0.1) is 23.1 Å². The van der Waals surface area contributed by atoms with Gasteiger partial charge in [-0.1, -0.05) is 60.4 Å². The van der Waals surface area contributed by atoms with E-state index in [1.807, 2.05) is 50.2 Å². The molecule has 32 heavy (non-hydrogen) atoms. The fraction of sp³-hybridized carbons (Fsp3) is 0.217. The lowest BCUT2D eigenvalue weighted by molar-refractivity contribution is -0.123. The standard InChI is InChI=1S/C23H22N4O3S2/c1-14-7-6-11-26-20(14)25-19(24-10-12-28)17(21(26)29)13-18-22(30)27(23(31)32-18)15(2)16-8-4-3-5-9-16/h3-9,11,13,15,24,28H,10,12H2,1-2H3/b18-13-/t15-/m1/s1. The van der Waals surface area contributed by atoms with Gasteiger partial charge in [0.15, 0.2) is 0 Å². The van der Waals surface area contributed by atoms with Crippen LogP contribution in [0.15, 0.2) is 58.4 Å². The van der Waals surface area contributed by atoms with Crippen molar-refractivity contribution in [3.8, 4) is 0 Å².